The number of nitrogens with zero attached hydrogens (tertiary/aromatic N) is 2. The van der Waals surface area contributed by atoms with Crippen molar-refractivity contribution < 1.29 is 0 Å². The van der Waals surface area contributed by atoms with Crippen molar-refractivity contribution >= 4 is 11.3 Å². The molecule has 1 aliphatic heterocycles. The summed E-state index contributed by atoms with van der Waals surface area (Å²) < 4.78 is 0. The van der Waals surface area contributed by atoms with Crippen LogP contribution in [0.15, 0.2) is 11.7 Å². The standard InChI is InChI=1S/C11H19N3S/c1-11(2)8-14(5-3-4-13-11)7-10-6-12-9-15-10/h6,9,13H,3-5,7-8H2,1-2H3. The van der Waals surface area contributed by atoms with E-state index in [9.17, 15) is 0 Å². The predicted molar refractivity (Wildman–Crippen MR) is 64.1 cm³/mol. The highest BCUT2D eigenvalue weighted by atomic mass is 32.1. The lowest BCUT2D eigenvalue weighted by molar-refractivity contribution is 0.225. The van der Waals surface area contributed by atoms with Gasteiger partial charge >= 0.3 is 0 Å². The van der Waals surface area contributed by atoms with Gasteiger partial charge in [-0.25, -0.2) is 0 Å². The SMILES string of the molecule is CC1(C)CN(Cc2cncs2)CCCN1. The molecular weight excluding hydrogens is 206 g/mol. The Morgan fingerprint density at radius 2 is 2.47 bits per heavy atom. The molecule has 15 heavy (non-hydrogen) atoms. The number of thiazole rings is 1. The molecule has 2 rings (SSSR count). The van der Waals surface area contributed by atoms with Gasteiger partial charge in [0, 0.05) is 29.7 Å². The summed E-state index contributed by atoms with van der Waals surface area (Å²) >= 11 is 1.75. The third kappa shape index (κ3) is 3.26. The minimum atomic E-state index is 0.237. The zero-order valence-corrected chi connectivity index (χ0v) is 10.3. The molecule has 1 fully saturated rings. The van der Waals surface area contributed by atoms with Gasteiger partial charge in [-0.05, 0) is 33.4 Å². The maximum absolute atomic E-state index is 4.12. The highest BCUT2D eigenvalue weighted by Gasteiger charge is 2.23. The molecule has 84 valence electrons. The number of rotatable bonds is 2. The molecule has 0 unspecified atom stereocenters. The van der Waals surface area contributed by atoms with Gasteiger partial charge < -0.3 is 5.32 Å². The smallest absolute Gasteiger partial charge is 0.0794 e. The fraction of sp³-hybridized carbons (Fsp3) is 0.727. The lowest BCUT2D eigenvalue weighted by atomic mass is 10.1. The van der Waals surface area contributed by atoms with Crippen molar-refractivity contribution in [1.82, 2.24) is 15.2 Å². The minimum absolute atomic E-state index is 0.237. The molecule has 0 amide bonds. The normalized spacial score (nSPS) is 22.5. The minimum Gasteiger partial charge on any atom is -0.310 e. The summed E-state index contributed by atoms with van der Waals surface area (Å²) in [5.41, 5.74) is 2.15. The van der Waals surface area contributed by atoms with Gasteiger partial charge in [0.05, 0.1) is 5.51 Å². The van der Waals surface area contributed by atoms with Crippen LogP contribution in [0.25, 0.3) is 0 Å². The Labute approximate surface area is 95.5 Å². The fourth-order valence-corrected chi connectivity index (χ4v) is 2.73. The number of aromatic nitrogens is 1. The van der Waals surface area contributed by atoms with Crippen LogP contribution in [-0.2, 0) is 6.54 Å². The summed E-state index contributed by atoms with van der Waals surface area (Å²) in [7, 11) is 0. The first-order valence-electron chi connectivity index (χ1n) is 5.50. The first-order chi connectivity index (χ1) is 7.16. The quantitative estimate of drug-likeness (QED) is 0.830. The summed E-state index contributed by atoms with van der Waals surface area (Å²) in [6.07, 6.45) is 3.22. The monoisotopic (exact) mass is 225 g/mol. The zero-order chi connectivity index (χ0) is 10.7. The van der Waals surface area contributed by atoms with Gasteiger partial charge in [-0.15, -0.1) is 11.3 Å². The van der Waals surface area contributed by atoms with Crippen molar-refractivity contribution in [3.05, 3.63) is 16.6 Å². The molecule has 0 radical (unpaired) electrons. The van der Waals surface area contributed by atoms with E-state index in [4.69, 9.17) is 0 Å². The van der Waals surface area contributed by atoms with Crippen LogP contribution in [0.5, 0.6) is 0 Å². The van der Waals surface area contributed by atoms with Gasteiger partial charge in [0.1, 0.15) is 0 Å². The third-order valence-electron chi connectivity index (χ3n) is 2.74. The molecule has 1 aromatic heterocycles. The number of nitrogens with one attached hydrogen (secondary N) is 1. The second kappa shape index (κ2) is 4.60. The van der Waals surface area contributed by atoms with Crippen LogP contribution in [0.2, 0.25) is 0 Å². The summed E-state index contributed by atoms with van der Waals surface area (Å²) in [6, 6.07) is 0. The molecule has 0 aliphatic carbocycles. The van der Waals surface area contributed by atoms with Gasteiger partial charge in [0.15, 0.2) is 0 Å². The Bertz CT molecular complexity index is 295. The maximum Gasteiger partial charge on any atom is 0.0794 e. The first-order valence-corrected chi connectivity index (χ1v) is 6.38. The van der Waals surface area contributed by atoms with E-state index in [1.165, 1.54) is 17.8 Å². The van der Waals surface area contributed by atoms with Crippen molar-refractivity contribution in [2.24, 2.45) is 0 Å². The third-order valence-corrected chi connectivity index (χ3v) is 3.50. The average molecular weight is 225 g/mol. The molecule has 0 atom stereocenters. The number of hydrogen-bond donors (Lipinski definition) is 1. The second-order valence-corrected chi connectivity index (χ2v) is 5.81. The Morgan fingerprint density at radius 3 is 3.20 bits per heavy atom. The van der Waals surface area contributed by atoms with Crippen LogP contribution in [0.1, 0.15) is 25.1 Å². The molecule has 0 spiro atoms. The average Bonchev–Trinajstić information content (AvgIpc) is 2.58. The van der Waals surface area contributed by atoms with E-state index in [2.05, 4.69) is 29.0 Å². The van der Waals surface area contributed by atoms with Crippen molar-refractivity contribution in [2.45, 2.75) is 32.4 Å². The van der Waals surface area contributed by atoms with Crippen LogP contribution >= 0.6 is 11.3 Å². The van der Waals surface area contributed by atoms with Crippen molar-refractivity contribution in [1.29, 1.82) is 0 Å². The topological polar surface area (TPSA) is 28.2 Å². The van der Waals surface area contributed by atoms with Gasteiger partial charge in [-0.1, -0.05) is 0 Å². The summed E-state index contributed by atoms with van der Waals surface area (Å²) in [4.78, 5) is 8.01. The molecule has 1 aromatic rings. The Morgan fingerprint density at radius 1 is 1.60 bits per heavy atom. The van der Waals surface area contributed by atoms with Gasteiger partial charge in [0.2, 0.25) is 0 Å². The van der Waals surface area contributed by atoms with Crippen LogP contribution in [0, 0.1) is 0 Å². The summed E-state index contributed by atoms with van der Waals surface area (Å²) in [5, 5.41) is 3.58. The molecule has 4 heteroatoms. The van der Waals surface area contributed by atoms with Gasteiger partial charge in [-0.3, -0.25) is 9.88 Å². The van der Waals surface area contributed by atoms with E-state index in [0.717, 1.165) is 19.6 Å². The predicted octanol–water partition coefficient (Wildman–Crippen LogP) is 1.72. The van der Waals surface area contributed by atoms with Crippen LogP contribution in [-0.4, -0.2) is 35.1 Å². The molecule has 0 saturated carbocycles. The van der Waals surface area contributed by atoms with Crippen LogP contribution in [0.4, 0.5) is 0 Å². The first kappa shape index (κ1) is 11.0. The highest BCUT2D eigenvalue weighted by molar-refractivity contribution is 7.09. The van der Waals surface area contributed by atoms with Crippen molar-refractivity contribution in [3.8, 4) is 0 Å². The zero-order valence-electron chi connectivity index (χ0n) is 9.49. The molecule has 1 N–H and O–H groups in total. The van der Waals surface area contributed by atoms with E-state index in [1.54, 1.807) is 11.3 Å². The molecule has 3 nitrogen and oxygen atoms in total. The number of hydrogen-bond acceptors (Lipinski definition) is 4. The highest BCUT2D eigenvalue weighted by Crippen LogP contribution is 2.15. The summed E-state index contributed by atoms with van der Waals surface area (Å²) in [5.74, 6) is 0. The van der Waals surface area contributed by atoms with Gasteiger partial charge in [-0.2, -0.15) is 0 Å². The van der Waals surface area contributed by atoms with Gasteiger partial charge in [0.25, 0.3) is 0 Å². The van der Waals surface area contributed by atoms with E-state index in [-0.39, 0.29) is 5.54 Å². The molecular formula is C11H19N3S. The van der Waals surface area contributed by atoms with E-state index in [1.807, 2.05) is 11.7 Å². The second-order valence-electron chi connectivity index (χ2n) is 4.84. The molecule has 1 saturated heterocycles. The van der Waals surface area contributed by atoms with E-state index < -0.39 is 0 Å². The lowest BCUT2D eigenvalue weighted by Gasteiger charge is -2.29. The van der Waals surface area contributed by atoms with Crippen molar-refractivity contribution in [2.75, 3.05) is 19.6 Å². The fourth-order valence-electron chi connectivity index (χ4n) is 2.10. The molecule has 0 bridgehead atoms. The maximum atomic E-state index is 4.12. The van der Waals surface area contributed by atoms with Crippen molar-refractivity contribution in [3.63, 3.8) is 0 Å². The van der Waals surface area contributed by atoms with E-state index in [0.29, 0.717) is 0 Å². The Balaban J connectivity index is 1.96. The van der Waals surface area contributed by atoms with E-state index >= 15 is 0 Å². The van der Waals surface area contributed by atoms with Crippen LogP contribution < -0.4 is 5.32 Å². The Hall–Kier alpha value is -0.450. The molecule has 1 aliphatic rings. The Kier molecular flexibility index (Phi) is 3.38. The van der Waals surface area contributed by atoms with Crippen LogP contribution in [0.3, 0.4) is 0 Å². The summed E-state index contributed by atoms with van der Waals surface area (Å²) in [6.45, 7) is 9.04. The molecule has 2 heterocycles. The lowest BCUT2D eigenvalue weighted by Crippen LogP contribution is -2.46. The largest absolute Gasteiger partial charge is 0.310 e. The molecule has 0 aromatic carbocycles.